The number of halogens is 1. The quantitative estimate of drug-likeness (QED) is 0.722. The molecular weight excluding hydrogens is 325 g/mol. The van der Waals surface area contributed by atoms with Gasteiger partial charge in [0, 0.05) is 11.1 Å². The number of furan rings is 1. The van der Waals surface area contributed by atoms with Crippen LogP contribution in [-0.2, 0) is 9.53 Å². The molecule has 2 aromatic carbocycles. The number of primary amides is 1. The van der Waals surface area contributed by atoms with E-state index in [0.29, 0.717) is 16.9 Å². The average Bonchev–Trinajstić information content (AvgIpc) is 3.11. The van der Waals surface area contributed by atoms with Crippen molar-refractivity contribution in [3.63, 3.8) is 0 Å². The molecule has 0 radical (unpaired) electrons. The van der Waals surface area contributed by atoms with Crippen LogP contribution in [0.15, 0.2) is 71.1 Å². The molecule has 3 aromatic rings. The average molecular weight is 339 g/mol. The van der Waals surface area contributed by atoms with Gasteiger partial charge < -0.3 is 14.9 Å². The lowest BCUT2D eigenvalue weighted by Gasteiger charge is -2.14. The normalized spacial score (nSPS) is 11.7. The van der Waals surface area contributed by atoms with Crippen molar-refractivity contribution < 1.29 is 23.1 Å². The zero-order valence-electron chi connectivity index (χ0n) is 13.0. The summed E-state index contributed by atoms with van der Waals surface area (Å²) in [4.78, 5) is 23.9. The first-order valence-electron chi connectivity index (χ1n) is 7.45. The van der Waals surface area contributed by atoms with Gasteiger partial charge in [0.15, 0.2) is 0 Å². The molecule has 0 aliphatic heterocycles. The molecule has 0 aliphatic rings. The summed E-state index contributed by atoms with van der Waals surface area (Å²) in [6, 6.07) is 17.1. The maximum absolute atomic E-state index is 13.0. The van der Waals surface area contributed by atoms with Gasteiger partial charge in [0.25, 0.3) is 5.91 Å². The third-order valence-electron chi connectivity index (χ3n) is 3.52. The summed E-state index contributed by atoms with van der Waals surface area (Å²) < 4.78 is 23.6. The first-order valence-corrected chi connectivity index (χ1v) is 7.45. The second-order valence-electron chi connectivity index (χ2n) is 5.27. The van der Waals surface area contributed by atoms with Gasteiger partial charge >= 0.3 is 5.97 Å². The molecule has 0 saturated carbocycles. The van der Waals surface area contributed by atoms with Gasteiger partial charge in [0.2, 0.25) is 11.9 Å². The molecule has 0 saturated heterocycles. The van der Waals surface area contributed by atoms with Gasteiger partial charge in [-0.3, -0.25) is 4.79 Å². The van der Waals surface area contributed by atoms with Crippen molar-refractivity contribution in [3.05, 3.63) is 83.9 Å². The SMILES string of the molecule is NC(=O)C(OC(=O)c1ccc(-c2ccc(F)cc2)o1)c1ccccc1. The highest BCUT2D eigenvalue weighted by Crippen LogP contribution is 2.24. The Morgan fingerprint density at radius 3 is 2.28 bits per heavy atom. The third-order valence-corrected chi connectivity index (χ3v) is 3.52. The summed E-state index contributed by atoms with van der Waals surface area (Å²) >= 11 is 0. The Bertz CT molecular complexity index is 887. The Morgan fingerprint density at radius 1 is 0.960 bits per heavy atom. The minimum atomic E-state index is -1.21. The minimum Gasteiger partial charge on any atom is -0.449 e. The smallest absolute Gasteiger partial charge is 0.375 e. The van der Waals surface area contributed by atoms with Crippen LogP contribution in [0.25, 0.3) is 11.3 Å². The van der Waals surface area contributed by atoms with Gasteiger partial charge in [-0.1, -0.05) is 30.3 Å². The van der Waals surface area contributed by atoms with Crippen molar-refractivity contribution in [3.8, 4) is 11.3 Å². The molecule has 1 amide bonds. The zero-order valence-corrected chi connectivity index (χ0v) is 13.0. The topological polar surface area (TPSA) is 82.5 Å². The molecule has 2 N–H and O–H groups in total. The number of hydrogen-bond acceptors (Lipinski definition) is 4. The highest BCUT2D eigenvalue weighted by Gasteiger charge is 2.25. The summed E-state index contributed by atoms with van der Waals surface area (Å²) in [6.45, 7) is 0. The largest absolute Gasteiger partial charge is 0.449 e. The number of ether oxygens (including phenoxy) is 1. The molecule has 1 unspecified atom stereocenters. The maximum Gasteiger partial charge on any atom is 0.375 e. The number of carbonyl (C=O) groups excluding carboxylic acids is 2. The predicted octanol–water partition coefficient (Wildman–Crippen LogP) is 3.47. The number of esters is 1. The van der Waals surface area contributed by atoms with Gasteiger partial charge in [-0.15, -0.1) is 0 Å². The van der Waals surface area contributed by atoms with E-state index in [2.05, 4.69) is 0 Å². The van der Waals surface area contributed by atoms with Crippen LogP contribution in [0.4, 0.5) is 4.39 Å². The lowest BCUT2D eigenvalue weighted by molar-refractivity contribution is -0.127. The van der Waals surface area contributed by atoms with Crippen molar-refractivity contribution >= 4 is 11.9 Å². The fraction of sp³-hybridized carbons (Fsp3) is 0.0526. The predicted molar refractivity (Wildman–Crippen MR) is 87.9 cm³/mol. The molecule has 5 nitrogen and oxygen atoms in total. The van der Waals surface area contributed by atoms with Crippen LogP contribution in [-0.4, -0.2) is 11.9 Å². The van der Waals surface area contributed by atoms with Crippen molar-refractivity contribution in [2.45, 2.75) is 6.10 Å². The molecule has 1 atom stereocenters. The Labute approximate surface area is 142 Å². The van der Waals surface area contributed by atoms with E-state index < -0.39 is 18.0 Å². The van der Waals surface area contributed by atoms with Crippen molar-refractivity contribution in [1.82, 2.24) is 0 Å². The van der Waals surface area contributed by atoms with E-state index in [9.17, 15) is 14.0 Å². The number of hydrogen-bond donors (Lipinski definition) is 1. The Morgan fingerprint density at radius 2 is 1.64 bits per heavy atom. The summed E-state index contributed by atoms with van der Waals surface area (Å²) in [5.74, 6) is -1.68. The lowest BCUT2D eigenvalue weighted by Crippen LogP contribution is -2.26. The minimum absolute atomic E-state index is 0.0819. The first-order chi connectivity index (χ1) is 12.0. The molecule has 1 aromatic heterocycles. The Kier molecular flexibility index (Phi) is 4.61. The van der Waals surface area contributed by atoms with Crippen LogP contribution in [0.1, 0.15) is 22.2 Å². The second kappa shape index (κ2) is 7.00. The van der Waals surface area contributed by atoms with Crippen LogP contribution in [0.3, 0.4) is 0 Å². The zero-order chi connectivity index (χ0) is 17.8. The van der Waals surface area contributed by atoms with Crippen molar-refractivity contribution in [2.24, 2.45) is 5.73 Å². The van der Waals surface area contributed by atoms with E-state index in [1.54, 1.807) is 36.4 Å². The molecule has 1 heterocycles. The number of benzene rings is 2. The van der Waals surface area contributed by atoms with E-state index in [0.717, 1.165) is 0 Å². The molecule has 3 rings (SSSR count). The summed E-state index contributed by atoms with van der Waals surface area (Å²) in [7, 11) is 0. The monoisotopic (exact) mass is 339 g/mol. The second-order valence-corrected chi connectivity index (χ2v) is 5.27. The number of rotatable bonds is 5. The van der Waals surface area contributed by atoms with E-state index in [4.69, 9.17) is 14.9 Å². The highest BCUT2D eigenvalue weighted by molar-refractivity contribution is 5.90. The summed E-state index contributed by atoms with van der Waals surface area (Å²) in [5, 5.41) is 0. The van der Waals surface area contributed by atoms with Crippen molar-refractivity contribution in [1.29, 1.82) is 0 Å². The number of carbonyl (C=O) groups is 2. The Hall–Kier alpha value is -3.41. The highest BCUT2D eigenvalue weighted by atomic mass is 19.1. The van der Waals surface area contributed by atoms with Crippen LogP contribution < -0.4 is 5.73 Å². The van der Waals surface area contributed by atoms with E-state index in [1.165, 1.54) is 30.3 Å². The maximum atomic E-state index is 13.0. The molecular formula is C19H14FNO4. The fourth-order valence-corrected chi connectivity index (χ4v) is 2.30. The van der Waals surface area contributed by atoms with Crippen LogP contribution >= 0.6 is 0 Å². The number of nitrogens with two attached hydrogens (primary N) is 1. The molecule has 0 aliphatic carbocycles. The molecule has 126 valence electrons. The third kappa shape index (κ3) is 3.74. The van der Waals surface area contributed by atoms with Gasteiger partial charge in [-0.25, -0.2) is 9.18 Å². The van der Waals surface area contributed by atoms with E-state index in [-0.39, 0.29) is 11.6 Å². The van der Waals surface area contributed by atoms with Crippen LogP contribution in [0.5, 0.6) is 0 Å². The van der Waals surface area contributed by atoms with Gasteiger partial charge in [-0.05, 0) is 36.4 Å². The number of amides is 1. The molecule has 0 bridgehead atoms. The van der Waals surface area contributed by atoms with Crippen molar-refractivity contribution in [2.75, 3.05) is 0 Å². The van der Waals surface area contributed by atoms with Crippen LogP contribution in [0.2, 0.25) is 0 Å². The molecule has 0 fully saturated rings. The summed E-state index contributed by atoms with van der Waals surface area (Å²) in [5.41, 5.74) is 6.40. The Balaban J connectivity index is 1.79. The van der Waals surface area contributed by atoms with E-state index >= 15 is 0 Å². The standard InChI is InChI=1S/C19H14FNO4/c20-14-8-6-12(7-9-14)15-10-11-16(24-15)19(23)25-17(18(21)22)13-4-2-1-3-5-13/h1-11,17H,(H2,21,22). The van der Waals surface area contributed by atoms with Gasteiger partial charge in [-0.2, -0.15) is 0 Å². The van der Waals surface area contributed by atoms with Gasteiger partial charge in [0.1, 0.15) is 11.6 Å². The first kappa shape index (κ1) is 16.4. The van der Waals surface area contributed by atoms with Gasteiger partial charge in [0.05, 0.1) is 0 Å². The molecule has 6 heteroatoms. The molecule has 25 heavy (non-hydrogen) atoms. The lowest BCUT2D eigenvalue weighted by atomic mass is 10.1. The van der Waals surface area contributed by atoms with Crippen LogP contribution in [0, 0.1) is 5.82 Å². The summed E-state index contributed by atoms with van der Waals surface area (Å²) in [6.07, 6.45) is -1.21. The molecule has 0 spiro atoms. The van der Waals surface area contributed by atoms with E-state index in [1.807, 2.05) is 0 Å². The fourth-order valence-electron chi connectivity index (χ4n) is 2.30.